The highest BCUT2D eigenvalue weighted by atomic mass is 16.5. The number of anilines is 2. The molecule has 28 heavy (non-hydrogen) atoms. The van der Waals surface area contributed by atoms with Crippen molar-refractivity contribution in [2.45, 2.75) is 0 Å². The first kappa shape index (κ1) is 16.4. The molecule has 3 aromatic carbocycles. The first-order valence-electron chi connectivity index (χ1n) is 9.19. The first-order valence-corrected chi connectivity index (χ1v) is 9.19. The van der Waals surface area contributed by atoms with Gasteiger partial charge in [0.25, 0.3) is 0 Å². The van der Waals surface area contributed by atoms with E-state index in [0.29, 0.717) is 0 Å². The van der Waals surface area contributed by atoms with Gasteiger partial charge in [-0.05, 0) is 59.3 Å². The van der Waals surface area contributed by atoms with Gasteiger partial charge in [0, 0.05) is 17.4 Å². The average Bonchev–Trinajstić information content (AvgIpc) is 3.12. The summed E-state index contributed by atoms with van der Waals surface area (Å²) in [4.78, 5) is 4.86. The summed E-state index contributed by atoms with van der Waals surface area (Å²) in [5.74, 6) is 1.77. The molecule has 0 radical (unpaired) electrons. The fraction of sp³-hybridized carbons (Fsp3) is 0.0417. The summed E-state index contributed by atoms with van der Waals surface area (Å²) in [6.45, 7) is 0. The number of hydrogen-bond acceptors (Lipinski definition) is 3. The first-order chi connectivity index (χ1) is 13.8. The third kappa shape index (κ3) is 2.85. The van der Waals surface area contributed by atoms with E-state index < -0.39 is 0 Å². The second-order valence-electron chi connectivity index (χ2n) is 6.65. The molecule has 5 aromatic rings. The molecule has 4 nitrogen and oxygen atoms in total. The summed E-state index contributed by atoms with van der Waals surface area (Å²) in [5.41, 5.74) is 3.87. The Bertz CT molecular complexity index is 1270. The summed E-state index contributed by atoms with van der Waals surface area (Å²) in [5, 5.41) is 6.01. The van der Waals surface area contributed by atoms with Crippen LogP contribution in [0, 0.1) is 0 Å². The molecule has 1 N–H and O–H groups in total. The predicted octanol–water partition coefficient (Wildman–Crippen LogP) is 5.91. The molecular weight excluding hydrogens is 346 g/mol. The lowest BCUT2D eigenvalue weighted by molar-refractivity contribution is 0.415. The molecule has 5 rings (SSSR count). The topological polar surface area (TPSA) is 38.6 Å². The van der Waals surface area contributed by atoms with Crippen molar-refractivity contribution in [2.24, 2.45) is 0 Å². The third-order valence-electron chi connectivity index (χ3n) is 4.91. The minimum absolute atomic E-state index is 0.830. The Morgan fingerprint density at radius 1 is 0.821 bits per heavy atom. The SMILES string of the molecule is COc1ccc(-c2nc3ccccn3c2Nc2ccc3ccccc3c2)cc1. The van der Waals surface area contributed by atoms with E-state index in [1.54, 1.807) is 7.11 Å². The molecule has 4 heteroatoms. The van der Waals surface area contributed by atoms with Crippen molar-refractivity contribution in [1.82, 2.24) is 9.38 Å². The van der Waals surface area contributed by atoms with Crippen LogP contribution in [0.25, 0.3) is 27.7 Å². The number of nitrogens with zero attached hydrogens (tertiary/aromatic N) is 2. The lowest BCUT2D eigenvalue weighted by Gasteiger charge is -2.10. The van der Waals surface area contributed by atoms with E-state index in [4.69, 9.17) is 9.72 Å². The smallest absolute Gasteiger partial charge is 0.143 e. The highest BCUT2D eigenvalue weighted by molar-refractivity contribution is 5.88. The van der Waals surface area contributed by atoms with Crippen LogP contribution >= 0.6 is 0 Å². The van der Waals surface area contributed by atoms with E-state index in [1.807, 2.05) is 48.7 Å². The third-order valence-corrected chi connectivity index (χ3v) is 4.91. The number of fused-ring (bicyclic) bond motifs is 2. The number of rotatable bonds is 4. The van der Waals surface area contributed by atoms with E-state index in [-0.39, 0.29) is 0 Å². The van der Waals surface area contributed by atoms with Gasteiger partial charge < -0.3 is 10.1 Å². The van der Waals surface area contributed by atoms with Crippen molar-refractivity contribution in [3.8, 4) is 17.0 Å². The molecule has 0 aliphatic carbocycles. The molecule has 0 amide bonds. The van der Waals surface area contributed by atoms with Crippen LogP contribution in [0.4, 0.5) is 11.5 Å². The van der Waals surface area contributed by atoms with Crippen molar-refractivity contribution in [2.75, 3.05) is 12.4 Å². The molecule has 2 aromatic heterocycles. The van der Waals surface area contributed by atoms with Gasteiger partial charge in [-0.15, -0.1) is 0 Å². The number of hydrogen-bond donors (Lipinski definition) is 1. The van der Waals surface area contributed by atoms with Gasteiger partial charge in [0.1, 0.15) is 22.9 Å². The lowest BCUT2D eigenvalue weighted by Crippen LogP contribution is -1.97. The van der Waals surface area contributed by atoms with Crippen LogP contribution in [0.2, 0.25) is 0 Å². The molecule has 2 heterocycles. The number of imidazole rings is 1. The van der Waals surface area contributed by atoms with Crippen molar-refractivity contribution in [3.05, 3.63) is 91.1 Å². The van der Waals surface area contributed by atoms with Gasteiger partial charge in [-0.3, -0.25) is 4.40 Å². The number of methoxy groups -OCH3 is 1. The standard InChI is InChI=1S/C24H19N3O/c1-28-21-13-10-18(11-14-21)23-24(27-15-5-4-8-22(27)26-23)25-20-12-9-17-6-2-3-7-19(17)16-20/h2-16,25H,1H3. The Kier molecular flexibility index (Phi) is 3.95. The number of pyridine rings is 1. The van der Waals surface area contributed by atoms with E-state index in [9.17, 15) is 0 Å². The Balaban J connectivity index is 1.63. The number of aromatic nitrogens is 2. The Labute approximate surface area is 163 Å². The molecule has 136 valence electrons. The maximum absolute atomic E-state index is 5.29. The normalized spacial score (nSPS) is 11.0. The van der Waals surface area contributed by atoms with Crippen LogP contribution < -0.4 is 10.1 Å². The van der Waals surface area contributed by atoms with Crippen LogP contribution in [0.1, 0.15) is 0 Å². The van der Waals surface area contributed by atoms with Crippen molar-refractivity contribution in [3.63, 3.8) is 0 Å². The summed E-state index contributed by atoms with van der Waals surface area (Å²) in [6, 6.07) is 28.8. The second-order valence-corrected chi connectivity index (χ2v) is 6.65. The monoisotopic (exact) mass is 365 g/mol. The second kappa shape index (κ2) is 6.74. The Hall–Kier alpha value is -3.79. The van der Waals surface area contributed by atoms with E-state index >= 15 is 0 Å². The zero-order valence-corrected chi connectivity index (χ0v) is 15.5. The van der Waals surface area contributed by atoms with Crippen LogP contribution in [-0.2, 0) is 0 Å². The largest absolute Gasteiger partial charge is 0.497 e. The van der Waals surface area contributed by atoms with Gasteiger partial charge in [0.05, 0.1) is 7.11 Å². The minimum atomic E-state index is 0.830. The summed E-state index contributed by atoms with van der Waals surface area (Å²) in [7, 11) is 1.67. The van der Waals surface area contributed by atoms with Crippen molar-refractivity contribution >= 4 is 27.9 Å². The minimum Gasteiger partial charge on any atom is -0.497 e. The summed E-state index contributed by atoms with van der Waals surface area (Å²) in [6.07, 6.45) is 2.03. The lowest BCUT2D eigenvalue weighted by atomic mass is 10.1. The highest BCUT2D eigenvalue weighted by Crippen LogP contribution is 2.32. The van der Waals surface area contributed by atoms with E-state index in [1.165, 1.54) is 10.8 Å². The van der Waals surface area contributed by atoms with Gasteiger partial charge in [0.15, 0.2) is 0 Å². The molecule has 0 atom stereocenters. The van der Waals surface area contributed by atoms with Crippen molar-refractivity contribution < 1.29 is 4.74 Å². The highest BCUT2D eigenvalue weighted by Gasteiger charge is 2.14. The zero-order chi connectivity index (χ0) is 18.9. The van der Waals surface area contributed by atoms with Crippen LogP contribution in [0.15, 0.2) is 91.1 Å². The van der Waals surface area contributed by atoms with Gasteiger partial charge in [-0.2, -0.15) is 0 Å². The molecule has 0 fully saturated rings. The summed E-state index contributed by atoms with van der Waals surface area (Å²) < 4.78 is 7.37. The fourth-order valence-electron chi connectivity index (χ4n) is 3.47. The van der Waals surface area contributed by atoms with E-state index in [0.717, 1.165) is 34.2 Å². The zero-order valence-electron chi connectivity index (χ0n) is 15.5. The average molecular weight is 365 g/mol. The molecule has 0 aliphatic heterocycles. The van der Waals surface area contributed by atoms with Gasteiger partial charge in [-0.25, -0.2) is 4.98 Å². The molecule has 0 bridgehead atoms. The van der Waals surface area contributed by atoms with Crippen LogP contribution in [-0.4, -0.2) is 16.5 Å². The van der Waals surface area contributed by atoms with Gasteiger partial charge in [0.2, 0.25) is 0 Å². The van der Waals surface area contributed by atoms with Gasteiger partial charge >= 0.3 is 0 Å². The van der Waals surface area contributed by atoms with Crippen LogP contribution in [0.5, 0.6) is 5.75 Å². The Morgan fingerprint density at radius 2 is 1.61 bits per heavy atom. The van der Waals surface area contributed by atoms with Crippen molar-refractivity contribution in [1.29, 1.82) is 0 Å². The molecule has 0 spiro atoms. The molecule has 0 aliphatic rings. The fourth-order valence-corrected chi connectivity index (χ4v) is 3.47. The number of nitrogens with one attached hydrogen (secondary N) is 1. The van der Waals surface area contributed by atoms with Gasteiger partial charge in [-0.1, -0.05) is 36.4 Å². The molecule has 0 saturated carbocycles. The van der Waals surface area contributed by atoms with E-state index in [2.05, 4.69) is 52.2 Å². The maximum atomic E-state index is 5.29. The predicted molar refractivity (Wildman–Crippen MR) is 114 cm³/mol. The molecule has 0 unspecified atom stereocenters. The molecular formula is C24H19N3O. The maximum Gasteiger partial charge on any atom is 0.143 e. The quantitative estimate of drug-likeness (QED) is 0.430. The summed E-state index contributed by atoms with van der Waals surface area (Å²) >= 11 is 0. The Morgan fingerprint density at radius 3 is 2.43 bits per heavy atom. The number of benzene rings is 3. The number of ether oxygens (including phenoxy) is 1. The molecule has 0 saturated heterocycles. The van der Waals surface area contributed by atoms with Crippen LogP contribution in [0.3, 0.4) is 0 Å².